The Morgan fingerprint density at radius 2 is 1.60 bits per heavy atom. The number of benzene rings is 2. The number of ether oxygens (including phenoxy) is 3. The molecule has 1 aliphatic heterocycles. The van der Waals surface area contributed by atoms with Crippen LogP contribution in [0.1, 0.15) is 24.0 Å². The van der Waals surface area contributed by atoms with E-state index in [4.69, 9.17) is 14.2 Å². The molecule has 0 spiro atoms. The number of carbonyl (C=O) groups is 3. The Labute approximate surface area is 206 Å². The van der Waals surface area contributed by atoms with E-state index in [1.165, 1.54) is 12.0 Å². The standard InChI is InChI=1S/C27H32N2O6/c1-33-23-15-21(16-24(17-23)34-2)18-29(19-26(31)35-3)27(32)22-11-13-28(14-12-22)25(30)10-9-20-7-5-4-6-8-20/h4-10,15-17,22H,11-14,18-19H2,1-3H3/b10-9+. The molecule has 0 N–H and O–H groups in total. The molecule has 8 heteroatoms. The predicted octanol–water partition coefficient (Wildman–Crippen LogP) is 3.16. The molecule has 1 heterocycles. The minimum absolute atomic E-state index is 0.0744. The summed E-state index contributed by atoms with van der Waals surface area (Å²) < 4.78 is 15.5. The lowest BCUT2D eigenvalue weighted by atomic mass is 9.94. The average Bonchev–Trinajstić information content (AvgIpc) is 2.91. The van der Waals surface area contributed by atoms with Gasteiger partial charge in [-0.1, -0.05) is 30.3 Å². The summed E-state index contributed by atoms with van der Waals surface area (Å²) >= 11 is 0. The largest absolute Gasteiger partial charge is 0.497 e. The molecular weight excluding hydrogens is 448 g/mol. The maximum atomic E-state index is 13.4. The minimum Gasteiger partial charge on any atom is -0.497 e. The lowest BCUT2D eigenvalue weighted by molar-refractivity contribution is -0.150. The van der Waals surface area contributed by atoms with E-state index in [9.17, 15) is 14.4 Å². The highest BCUT2D eigenvalue weighted by Gasteiger charge is 2.31. The number of likely N-dealkylation sites (tertiary alicyclic amines) is 1. The molecule has 1 saturated heterocycles. The Hall–Kier alpha value is -3.81. The van der Waals surface area contributed by atoms with Crippen molar-refractivity contribution in [1.29, 1.82) is 0 Å². The average molecular weight is 481 g/mol. The molecule has 3 rings (SSSR count). The summed E-state index contributed by atoms with van der Waals surface area (Å²) in [7, 11) is 4.41. The van der Waals surface area contributed by atoms with Gasteiger partial charge in [-0.2, -0.15) is 0 Å². The fourth-order valence-corrected chi connectivity index (χ4v) is 4.05. The SMILES string of the molecule is COC(=O)CN(Cc1cc(OC)cc(OC)c1)C(=O)C1CCN(C(=O)/C=C/c2ccccc2)CC1. The van der Waals surface area contributed by atoms with Crippen molar-refractivity contribution in [3.8, 4) is 11.5 Å². The van der Waals surface area contributed by atoms with Gasteiger partial charge in [-0.05, 0) is 42.2 Å². The zero-order valence-electron chi connectivity index (χ0n) is 20.4. The zero-order valence-corrected chi connectivity index (χ0v) is 20.4. The number of hydrogen-bond acceptors (Lipinski definition) is 6. The molecule has 8 nitrogen and oxygen atoms in total. The van der Waals surface area contributed by atoms with Crippen LogP contribution in [0.25, 0.3) is 6.08 Å². The van der Waals surface area contributed by atoms with Gasteiger partial charge in [0.05, 0.1) is 21.3 Å². The summed E-state index contributed by atoms with van der Waals surface area (Å²) in [4.78, 5) is 41.3. The Morgan fingerprint density at radius 3 is 2.17 bits per heavy atom. The normalized spacial score (nSPS) is 14.0. The van der Waals surface area contributed by atoms with E-state index < -0.39 is 5.97 Å². The van der Waals surface area contributed by atoms with E-state index in [-0.39, 0.29) is 30.8 Å². The molecule has 1 fully saturated rings. The van der Waals surface area contributed by atoms with Crippen LogP contribution in [0.4, 0.5) is 0 Å². The van der Waals surface area contributed by atoms with Crippen molar-refractivity contribution in [2.75, 3.05) is 41.0 Å². The second-order valence-corrected chi connectivity index (χ2v) is 8.33. The molecular formula is C27H32N2O6. The lowest BCUT2D eigenvalue weighted by Gasteiger charge is -2.33. The first kappa shape index (κ1) is 25.8. The third kappa shape index (κ3) is 7.34. The van der Waals surface area contributed by atoms with Crippen LogP contribution in [0.2, 0.25) is 0 Å². The van der Waals surface area contributed by atoms with E-state index in [2.05, 4.69) is 0 Å². The highest BCUT2D eigenvalue weighted by atomic mass is 16.5. The van der Waals surface area contributed by atoms with Crippen molar-refractivity contribution >= 4 is 23.9 Å². The first-order valence-corrected chi connectivity index (χ1v) is 11.5. The van der Waals surface area contributed by atoms with Crippen molar-refractivity contribution in [2.45, 2.75) is 19.4 Å². The zero-order chi connectivity index (χ0) is 25.2. The molecule has 186 valence electrons. The van der Waals surface area contributed by atoms with Gasteiger partial charge in [-0.15, -0.1) is 0 Å². The number of hydrogen-bond donors (Lipinski definition) is 0. The van der Waals surface area contributed by atoms with Crippen molar-refractivity contribution in [3.05, 3.63) is 65.7 Å². The number of carbonyl (C=O) groups excluding carboxylic acids is 3. The number of esters is 1. The fourth-order valence-electron chi connectivity index (χ4n) is 4.05. The minimum atomic E-state index is -0.494. The summed E-state index contributed by atoms with van der Waals surface area (Å²) in [5, 5.41) is 0. The van der Waals surface area contributed by atoms with Crippen LogP contribution in [-0.4, -0.2) is 68.5 Å². The van der Waals surface area contributed by atoms with Gasteiger partial charge < -0.3 is 24.0 Å². The van der Waals surface area contributed by atoms with Crippen molar-refractivity contribution in [3.63, 3.8) is 0 Å². The van der Waals surface area contributed by atoms with Crippen LogP contribution in [-0.2, 0) is 25.7 Å². The number of methoxy groups -OCH3 is 3. The monoisotopic (exact) mass is 480 g/mol. The van der Waals surface area contributed by atoms with Crippen LogP contribution in [0.5, 0.6) is 11.5 Å². The van der Waals surface area contributed by atoms with Gasteiger partial charge in [0.1, 0.15) is 18.0 Å². The molecule has 0 unspecified atom stereocenters. The summed E-state index contributed by atoms with van der Waals surface area (Å²) in [6, 6.07) is 15.0. The van der Waals surface area contributed by atoms with E-state index >= 15 is 0 Å². The molecule has 2 aromatic rings. The van der Waals surface area contributed by atoms with Gasteiger partial charge in [0.2, 0.25) is 11.8 Å². The Balaban J connectivity index is 1.65. The molecule has 1 aliphatic rings. The molecule has 0 aromatic heterocycles. The van der Waals surface area contributed by atoms with Crippen molar-refractivity contribution in [2.24, 2.45) is 5.92 Å². The maximum Gasteiger partial charge on any atom is 0.325 e. The Kier molecular flexibility index (Phi) is 9.29. The van der Waals surface area contributed by atoms with E-state index in [1.807, 2.05) is 30.3 Å². The third-order valence-electron chi connectivity index (χ3n) is 6.02. The summed E-state index contributed by atoms with van der Waals surface area (Å²) in [5.41, 5.74) is 1.73. The molecule has 0 aliphatic carbocycles. The molecule has 35 heavy (non-hydrogen) atoms. The van der Waals surface area contributed by atoms with Crippen LogP contribution in [0, 0.1) is 5.92 Å². The van der Waals surface area contributed by atoms with Crippen LogP contribution in [0.3, 0.4) is 0 Å². The van der Waals surface area contributed by atoms with Gasteiger partial charge in [-0.25, -0.2) is 0 Å². The van der Waals surface area contributed by atoms with E-state index in [0.29, 0.717) is 37.4 Å². The molecule has 0 bridgehead atoms. The fraction of sp³-hybridized carbons (Fsp3) is 0.370. The van der Waals surface area contributed by atoms with Gasteiger partial charge in [-0.3, -0.25) is 14.4 Å². The lowest BCUT2D eigenvalue weighted by Crippen LogP contribution is -2.45. The summed E-state index contributed by atoms with van der Waals surface area (Å²) in [6.45, 7) is 1.01. The second kappa shape index (κ2) is 12.6. The smallest absolute Gasteiger partial charge is 0.325 e. The van der Waals surface area contributed by atoms with Crippen LogP contribution >= 0.6 is 0 Å². The van der Waals surface area contributed by atoms with Crippen LogP contribution < -0.4 is 9.47 Å². The molecule has 2 amide bonds. The van der Waals surface area contributed by atoms with Gasteiger partial charge in [0.15, 0.2) is 0 Å². The van der Waals surface area contributed by atoms with Crippen LogP contribution in [0.15, 0.2) is 54.6 Å². The number of rotatable bonds is 9. The topological polar surface area (TPSA) is 85.4 Å². The van der Waals surface area contributed by atoms with Crippen molar-refractivity contribution < 1.29 is 28.6 Å². The second-order valence-electron chi connectivity index (χ2n) is 8.33. The third-order valence-corrected chi connectivity index (χ3v) is 6.02. The summed E-state index contributed by atoms with van der Waals surface area (Å²) in [6.07, 6.45) is 4.42. The highest BCUT2D eigenvalue weighted by molar-refractivity contribution is 5.92. The van der Waals surface area contributed by atoms with E-state index in [1.54, 1.807) is 49.5 Å². The first-order chi connectivity index (χ1) is 16.9. The number of piperidine rings is 1. The Morgan fingerprint density at radius 1 is 0.971 bits per heavy atom. The maximum absolute atomic E-state index is 13.4. The number of amides is 2. The predicted molar refractivity (Wildman–Crippen MR) is 132 cm³/mol. The summed E-state index contributed by atoms with van der Waals surface area (Å²) in [5.74, 6) is 0.209. The van der Waals surface area contributed by atoms with Gasteiger partial charge in [0.25, 0.3) is 0 Å². The molecule has 0 atom stereocenters. The first-order valence-electron chi connectivity index (χ1n) is 11.5. The number of nitrogens with zero attached hydrogens (tertiary/aromatic N) is 2. The van der Waals surface area contributed by atoms with Gasteiger partial charge >= 0.3 is 5.97 Å². The Bertz CT molecular complexity index is 1020. The molecule has 2 aromatic carbocycles. The molecule has 0 radical (unpaired) electrons. The van der Waals surface area contributed by atoms with Crippen molar-refractivity contribution in [1.82, 2.24) is 9.80 Å². The van der Waals surface area contributed by atoms with Gasteiger partial charge in [0, 0.05) is 37.7 Å². The quantitative estimate of drug-likeness (QED) is 0.405. The highest BCUT2D eigenvalue weighted by Crippen LogP contribution is 2.25. The van der Waals surface area contributed by atoms with E-state index in [0.717, 1.165) is 11.1 Å². The molecule has 0 saturated carbocycles.